The molecule has 1 N–H and O–H groups in total. The Morgan fingerprint density at radius 1 is 1.56 bits per heavy atom. The van der Waals surface area contributed by atoms with Crippen molar-refractivity contribution in [1.29, 1.82) is 0 Å². The normalized spacial score (nSPS) is 21.1. The lowest BCUT2D eigenvalue weighted by Crippen LogP contribution is -2.33. The van der Waals surface area contributed by atoms with E-state index in [-0.39, 0.29) is 5.91 Å². The molecule has 3 nitrogen and oxygen atoms in total. The van der Waals surface area contributed by atoms with Crippen molar-refractivity contribution < 1.29 is 13.6 Å². The van der Waals surface area contributed by atoms with E-state index in [1.54, 1.807) is 0 Å². The van der Waals surface area contributed by atoms with E-state index in [0.29, 0.717) is 12.3 Å². The first-order chi connectivity index (χ1) is 7.59. The lowest BCUT2D eigenvalue weighted by Gasteiger charge is -2.23. The summed E-state index contributed by atoms with van der Waals surface area (Å²) >= 11 is 0. The van der Waals surface area contributed by atoms with E-state index < -0.39 is 13.0 Å². The SMILES string of the molecule is CN(CC(F)F)C(=O)CCC1CCCNC1. The quantitative estimate of drug-likeness (QED) is 0.781. The maximum absolute atomic E-state index is 12.0. The molecule has 0 spiro atoms. The summed E-state index contributed by atoms with van der Waals surface area (Å²) in [7, 11) is 1.44. The summed E-state index contributed by atoms with van der Waals surface area (Å²) in [6.07, 6.45) is 1.03. The second kappa shape index (κ2) is 6.78. The molecule has 0 bridgehead atoms. The van der Waals surface area contributed by atoms with Gasteiger partial charge in [0.15, 0.2) is 0 Å². The van der Waals surface area contributed by atoms with E-state index in [2.05, 4.69) is 5.32 Å². The Bertz CT molecular complexity index is 218. The highest BCUT2D eigenvalue weighted by molar-refractivity contribution is 5.75. The molecule has 0 aromatic heterocycles. The number of nitrogens with one attached hydrogen (secondary N) is 1. The molecule has 1 amide bonds. The Kier molecular flexibility index (Phi) is 5.66. The molecule has 1 atom stereocenters. The number of hydrogen-bond donors (Lipinski definition) is 1. The van der Waals surface area contributed by atoms with Gasteiger partial charge in [0, 0.05) is 13.5 Å². The van der Waals surface area contributed by atoms with Crippen LogP contribution in [0.1, 0.15) is 25.7 Å². The van der Waals surface area contributed by atoms with Crippen molar-refractivity contribution in [3.05, 3.63) is 0 Å². The largest absolute Gasteiger partial charge is 0.340 e. The average Bonchev–Trinajstić information content (AvgIpc) is 2.26. The van der Waals surface area contributed by atoms with Crippen LogP contribution in [0.5, 0.6) is 0 Å². The fraction of sp³-hybridized carbons (Fsp3) is 0.909. The molecule has 1 rings (SSSR count). The van der Waals surface area contributed by atoms with Crippen LogP contribution < -0.4 is 5.32 Å². The Hall–Kier alpha value is -0.710. The molecular formula is C11H20F2N2O. The highest BCUT2D eigenvalue weighted by Gasteiger charge is 2.17. The molecular weight excluding hydrogens is 214 g/mol. The smallest absolute Gasteiger partial charge is 0.255 e. The summed E-state index contributed by atoms with van der Waals surface area (Å²) in [5, 5.41) is 3.28. The van der Waals surface area contributed by atoms with Crippen LogP contribution in [0.4, 0.5) is 8.78 Å². The van der Waals surface area contributed by atoms with Crippen molar-refractivity contribution in [2.24, 2.45) is 5.92 Å². The number of hydrogen-bond acceptors (Lipinski definition) is 2. The molecule has 16 heavy (non-hydrogen) atoms. The average molecular weight is 234 g/mol. The number of amides is 1. The number of carbonyl (C=O) groups excluding carboxylic acids is 1. The zero-order valence-corrected chi connectivity index (χ0v) is 9.72. The molecule has 1 saturated heterocycles. The van der Waals surface area contributed by atoms with Crippen LogP contribution in [0.3, 0.4) is 0 Å². The summed E-state index contributed by atoms with van der Waals surface area (Å²) < 4.78 is 24.1. The van der Waals surface area contributed by atoms with Crippen molar-refractivity contribution in [3.8, 4) is 0 Å². The van der Waals surface area contributed by atoms with Gasteiger partial charge in [0.05, 0.1) is 6.54 Å². The summed E-state index contributed by atoms with van der Waals surface area (Å²) in [5.74, 6) is 0.350. The lowest BCUT2D eigenvalue weighted by molar-refractivity contribution is -0.131. The van der Waals surface area contributed by atoms with Crippen molar-refractivity contribution >= 4 is 5.91 Å². The third kappa shape index (κ3) is 4.88. The molecule has 0 aromatic rings. The Labute approximate surface area is 95.2 Å². The number of carbonyl (C=O) groups is 1. The molecule has 0 radical (unpaired) electrons. The minimum atomic E-state index is -2.44. The van der Waals surface area contributed by atoms with Crippen LogP contribution in [0.2, 0.25) is 0 Å². The zero-order valence-electron chi connectivity index (χ0n) is 9.72. The highest BCUT2D eigenvalue weighted by Crippen LogP contribution is 2.16. The van der Waals surface area contributed by atoms with Crippen LogP contribution in [0, 0.1) is 5.92 Å². The fourth-order valence-electron chi connectivity index (χ4n) is 2.00. The molecule has 94 valence electrons. The Morgan fingerprint density at radius 2 is 2.31 bits per heavy atom. The number of alkyl halides is 2. The first-order valence-corrected chi connectivity index (χ1v) is 5.82. The molecule has 5 heteroatoms. The number of halogens is 2. The topological polar surface area (TPSA) is 32.3 Å². The molecule has 1 aliphatic rings. The standard InChI is InChI=1S/C11H20F2N2O/c1-15(8-10(12)13)11(16)5-4-9-3-2-6-14-7-9/h9-10,14H,2-8H2,1H3. The molecule has 1 unspecified atom stereocenters. The van der Waals surface area contributed by atoms with Gasteiger partial charge < -0.3 is 10.2 Å². The van der Waals surface area contributed by atoms with Crippen LogP contribution >= 0.6 is 0 Å². The van der Waals surface area contributed by atoms with Crippen LogP contribution in [-0.2, 0) is 4.79 Å². The Morgan fingerprint density at radius 3 is 2.88 bits per heavy atom. The van der Waals surface area contributed by atoms with Crippen molar-refractivity contribution in [2.75, 3.05) is 26.7 Å². The van der Waals surface area contributed by atoms with E-state index in [4.69, 9.17) is 0 Å². The monoisotopic (exact) mass is 234 g/mol. The number of rotatable bonds is 5. The highest BCUT2D eigenvalue weighted by atomic mass is 19.3. The van der Waals surface area contributed by atoms with Crippen LogP contribution in [0.15, 0.2) is 0 Å². The summed E-state index contributed by atoms with van der Waals surface area (Å²) in [6.45, 7) is 1.54. The third-order valence-corrected chi connectivity index (χ3v) is 3.00. The van der Waals surface area contributed by atoms with E-state index in [0.717, 1.165) is 37.3 Å². The van der Waals surface area contributed by atoms with Gasteiger partial charge >= 0.3 is 0 Å². The summed E-state index contributed by atoms with van der Waals surface area (Å²) in [6, 6.07) is 0. The second-order valence-electron chi connectivity index (χ2n) is 4.42. The van der Waals surface area contributed by atoms with E-state index in [9.17, 15) is 13.6 Å². The van der Waals surface area contributed by atoms with E-state index in [1.807, 2.05) is 0 Å². The van der Waals surface area contributed by atoms with Gasteiger partial charge in [-0.15, -0.1) is 0 Å². The van der Waals surface area contributed by atoms with Gasteiger partial charge in [-0.2, -0.15) is 0 Å². The lowest BCUT2D eigenvalue weighted by atomic mass is 9.94. The summed E-state index contributed by atoms with van der Waals surface area (Å²) in [4.78, 5) is 12.6. The molecule has 0 aliphatic carbocycles. The molecule has 1 heterocycles. The summed E-state index contributed by atoms with van der Waals surface area (Å²) in [5.41, 5.74) is 0. The van der Waals surface area contributed by atoms with Gasteiger partial charge in [0.1, 0.15) is 0 Å². The number of piperidine rings is 1. The molecule has 1 fully saturated rings. The van der Waals surface area contributed by atoms with Gasteiger partial charge in [0.2, 0.25) is 5.91 Å². The van der Waals surface area contributed by atoms with Gasteiger partial charge in [-0.1, -0.05) is 0 Å². The van der Waals surface area contributed by atoms with Crippen molar-refractivity contribution in [2.45, 2.75) is 32.1 Å². The maximum atomic E-state index is 12.0. The van der Waals surface area contributed by atoms with Gasteiger partial charge in [-0.05, 0) is 38.3 Å². The minimum Gasteiger partial charge on any atom is -0.340 e. The van der Waals surface area contributed by atoms with E-state index >= 15 is 0 Å². The van der Waals surface area contributed by atoms with Gasteiger partial charge in [0.25, 0.3) is 6.43 Å². The van der Waals surface area contributed by atoms with Gasteiger partial charge in [-0.25, -0.2) is 8.78 Å². The second-order valence-corrected chi connectivity index (χ2v) is 4.42. The molecule has 0 saturated carbocycles. The van der Waals surface area contributed by atoms with Crippen molar-refractivity contribution in [1.82, 2.24) is 10.2 Å². The minimum absolute atomic E-state index is 0.175. The van der Waals surface area contributed by atoms with Crippen LogP contribution in [-0.4, -0.2) is 43.9 Å². The van der Waals surface area contributed by atoms with Crippen LogP contribution in [0.25, 0.3) is 0 Å². The predicted molar refractivity (Wildman–Crippen MR) is 58.5 cm³/mol. The van der Waals surface area contributed by atoms with Crippen molar-refractivity contribution in [3.63, 3.8) is 0 Å². The Balaban J connectivity index is 2.17. The first kappa shape index (κ1) is 13.4. The third-order valence-electron chi connectivity index (χ3n) is 3.00. The molecule has 1 aliphatic heterocycles. The predicted octanol–water partition coefficient (Wildman–Crippen LogP) is 1.49. The van der Waals surface area contributed by atoms with Gasteiger partial charge in [-0.3, -0.25) is 4.79 Å². The maximum Gasteiger partial charge on any atom is 0.255 e. The zero-order chi connectivity index (χ0) is 12.0. The fourth-order valence-corrected chi connectivity index (χ4v) is 2.00. The first-order valence-electron chi connectivity index (χ1n) is 5.82. The molecule has 0 aromatic carbocycles. The number of nitrogens with zero attached hydrogens (tertiary/aromatic N) is 1. The van der Waals surface area contributed by atoms with E-state index in [1.165, 1.54) is 7.05 Å².